The lowest BCUT2D eigenvalue weighted by molar-refractivity contribution is -0.119. The Balaban J connectivity index is 2.05. The van der Waals surface area contributed by atoms with Crippen LogP contribution in [0.1, 0.15) is 37.0 Å². The number of nitrogens with zero attached hydrogens (tertiary/aromatic N) is 1. The minimum atomic E-state index is -0.410. The van der Waals surface area contributed by atoms with Crippen LogP contribution in [0.15, 0.2) is 42.6 Å². The van der Waals surface area contributed by atoms with Crippen molar-refractivity contribution in [3.05, 3.63) is 48.2 Å². The minimum Gasteiger partial charge on any atom is -0.490 e. The Morgan fingerprint density at radius 1 is 1.19 bits per heavy atom. The average Bonchev–Trinajstić information content (AvgIpc) is 2.93. The van der Waals surface area contributed by atoms with Crippen molar-refractivity contribution in [3.8, 4) is 5.75 Å². The summed E-state index contributed by atoms with van der Waals surface area (Å²) in [6, 6.07) is 11.2. The SMILES string of the molecule is CCCOC(=O)c1c2ccc(OC(C)CC(N)=O)cc2n2ccccc12. The normalized spacial score (nSPS) is 12.2. The Bertz CT molecular complexity index is 961. The van der Waals surface area contributed by atoms with E-state index in [1.807, 2.05) is 47.9 Å². The van der Waals surface area contributed by atoms with Crippen LogP contribution in [0.5, 0.6) is 5.75 Å². The van der Waals surface area contributed by atoms with E-state index in [2.05, 4.69) is 0 Å². The third kappa shape index (κ3) is 3.49. The molecule has 3 aromatic rings. The highest BCUT2D eigenvalue weighted by atomic mass is 16.5. The molecule has 2 heterocycles. The molecule has 0 aliphatic rings. The van der Waals surface area contributed by atoms with Gasteiger partial charge in [0, 0.05) is 17.6 Å². The highest BCUT2D eigenvalue weighted by Crippen LogP contribution is 2.30. The fourth-order valence-corrected chi connectivity index (χ4v) is 3.03. The predicted molar refractivity (Wildman–Crippen MR) is 99.4 cm³/mol. The number of amides is 1. The second-order valence-electron chi connectivity index (χ2n) is 6.24. The van der Waals surface area contributed by atoms with Crippen molar-refractivity contribution in [2.75, 3.05) is 6.61 Å². The number of hydrogen-bond donors (Lipinski definition) is 1. The summed E-state index contributed by atoms with van der Waals surface area (Å²) in [6.45, 7) is 4.13. The van der Waals surface area contributed by atoms with E-state index in [4.69, 9.17) is 15.2 Å². The molecule has 1 unspecified atom stereocenters. The summed E-state index contributed by atoms with van der Waals surface area (Å²) in [4.78, 5) is 23.6. The van der Waals surface area contributed by atoms with Crippen molar-refractivity contribution in [2.45, 2.75) is 32.8 Å². The second kappa shape index (κ2) is 7.47. The zero-order chi connectivity index (χ0) is 18.7. The van der Waals surface area contributed by atoms with E-state index in [0.29, 0.717) is 17.9 Å². The van der Waals surface area contributed by atoms with E-state index in [1.54, 1.807) is 13.0 Å². The summed E-state index contributed by atoms with van der Waals surface area (Å²) in [5, 5.41) is 0.798. The standard InChI is InChI=1S/C20H22N2O4/c1-3-10-25-20(24)19-15-8-7-14(26-13(2)11-18(21)23)12-17(15)22-9-5-4-6-16(19)22/h4-9,12-13H,3,10-11H2,1-2H3,(H2,21,23). The van der Waals surface area contributed by atoms with E-state index >= 15 is 0 Å². The molecule has 0 aliphatic carbocycles. The largest absolute Gasteiger partial charge is 0.490 e. The number of ether oxygens (including phenoxy) is 2. The first-order chi connectivity index (χ1) is 12.5. The van der Waals surface area contributed by atoms with Crippen molar-refractivity contribution in [1.82, 2.24) is 4.40 Å². The molecule has 0 bridgehead atoms. The van der Waals surface area contributed by atoms with Crippen LogP contribution in [0.4, 0.5) is 0 Å². The minimum absolute atomic E-state index is 0.140. The lowest BCUT2D eigenvalue weighted by atomic mass is 10.1. The number of primary amides is 1. The van der Waals surface area contributed by atoms with Gasteiger partial charge < -0.3 is 19.6 Å². The molecular formula is C20H22N2O4. The summed E-state index contributed by atoms with van der Waals surface area (Å²) in [7, 11) is 0. The number of hydrogen-bond acceptors (Lipinski definition) is 4. The Hall–Kier alpha value is -3.02. The van der Waals surface area contributed by atoms with Crippen molar-refractivity contribution in [1.29, 1.82) is 0 Å². The van der Waals surface area contributed by atoms with Crippen molar-refractivity contribution in [2.24, 2.45) is 5.73 Å². The van der Waals surface area contributed by atoms with Crippen molar-refractivity contribution >= 4 is 28.3 Å². The molecule has 1 amide bonds. The van der Waals surface area contributed by atoms with Crippen LogP contribution in [-0.2, 0) is 9.53 Å². The topological polar surface area (TPSA) is 83.0 Å². The number of carbonyl (C=O) groups is 2. The van der Waals surface area contributed by atoms with Gasteiger partial charge in [-0.25, -0.2) is 4.79 Å². The highest BCUT2D eigenvalue weighted by molar-refractivity contribution is 6.11. The Kier molecular flexibility index (Phi) is 5.11. The average molecular weight is 354 g/mol. The van der Waals surface area contributed by atoms with Crippen LogP contribution in [0.2, 0.25) is 0 Å². The first-order valence-electron chi connectivity index (χ1n) is 8.66. The van der Waals surface area contributed by atoms with Crippen LogP contribution in [0, 0.1) is 0 Å². The number of esters is 1. The van der Waals surface area contributed by atoms with Gasteiger partial charge in [-0.3, -0.25) is 4.79 Å². The lowest BCUT2D eigenvalue weighted by Crippen LogP contribution is -2.22. The van der Waals surface area contributed by atoms with E-state index in [9.17, 15) is 9.59 Å². The monoisotopic (exact) mass is 354 g/mol. The molecule has 2 aromatic heterocycles. The molecule has 26 heavy (non-hydrogen) atoms. The molecule has 1 aromatic carbocycles. The molecule has 3 rings (SSSR count). The van der Waals surface area contributed by atoms with Gasteiger partial charge in [0.05, 0.1) is 29.6 Å². The third-order valence-corrected chi connectivity index (χ3v) is 4.08. The fourth-order valence-electron chi connectivity index (χ4n) is 3.03. The van der Waals surface area contributed by atoms with Gasteiger partial charge >= 0.3 is 5.97 Å². The van der Waals surface area contributed by atoms with E-state index in [0.717, 1.165) is 22.8 Å². The number of benzene rings is 1. The van der Waals surface area contributed by atoms with Gasteiger partial charge in [0.25, 0.3) is 0 Å². The molecular weight excluding hydrogens is 332 g/mol. The van der Waals surface area contributed by atoms with Gasteiger partial charge in [0.2, 0.25) is 5.91 Å². The van der Waals surface area contributed by atoms with Gasteiger partial charge in [0.1, 0.15) is 11.9 Å². The van der Waals surface area contributed by atoms with Gasteiger partial charge in [0.15, 0.2) is 0 Å². The molecule has 2 N–H and O–H groups in total. The Morgan fingerprint density at radius 3 is 2.73 bits per heavy atom. The van der Waals surface area contributed by atoms with Crippen LogP contribution in [0.3, 0.4) is 0 Å². The molecule has 6 nitrogen and oxygen atoms in total. The van der Waals surface area contributed by atoms with Crippen LogP contribution >= 0.6 is 0 Å². The summed E-state index contributed by atoms with van der Waals surface area (Å²) >= 11 is 0. The fraction of sp³-hybridized carbons (Fsp3) is 0.300. The maximum absolute atomic E-state index is 12.6. The summed E-state index contributed by atoms with van der Waals surface area (Å²) in [5.41, 5.74) is 7.38. The number of aromatic nitrogens is 1. The van der Waals surface area contributed by atoms with Crippen molar-refractivity contribution in [3.63, 3.8) is 0 Å². The summed E-state index contributed by atoms with van der Waals surface area (Å²) in [5.74, 6) is -0.128. The highest BCUT2D eigenvalue weighted by Gasteiger charge is 2.20. The molecule has 0 spiro atoms. The number of nitrogens with two attached hydrogens (primary N) is 1. The van der Waals surface area contributed by atoms with Crippen molar-refractivity contribution < 1.29 is 19.1 Å². The number of fused-ring (bicyclic) bond motifs is 3. The van der Waals surface area contributed by atoms with Gasteiger partial charge in [-0.05, 0) is 37.6 Å². The van der Waals surface area contributed by atoms with Gasteiger partial charge in [-0.1, -0.05) is 13.0 Å². The van der Waals surface area contributed by atoms with Crippen LogP contribution in [-0.4, -0.2) is 29.0 Å². The molecule has 6 heteroatoms. The Morgan fingerprint density at radius 2 is 2.00 bits per heavy atom. The zero-order valence-corrected chi connectivity index (χ0v) is 14.9. The van der Waals surface area contributed by atoms with Gasteiger partial charge in [-0.15, -0.1) is 0 Å². The first-order valence-corrected chi connectivity index (χ1v) is 8.66. The second-order valence-corrected chi connectivity index (χ2v) is 6.24. The maximum atomic E-state index is 12.6. The maximum Gasteiger partial charge on any atom is 0.340 e. The Labute approximate surface area is 151 Å². The number of rotatable bonds is 7. The first kappa shape index (κ1) is 17.8. The molecule has 136 valence electrons. The van der Waals surface area contributed by atoms with E-state index in [-0.39, 0.29) is 18.5 Å². The molecule has 1 atom stereocenters. The van der Waals surface area contributed by atoms with Gasteiger partial charge in [-0.2, -0.15) is 0 Å². The molecule has 0 saturated heterocycles. The zero-order valence-electron chi connectivity index (χ0n) is 14.9. The smallest absolute Gasteiger partial charge is 0.340 e. The molecule has 0 saturated carbocycles. The molecule has 0 fully saturated rings. The summed E-state index contributed by atoms with van der Waals surface area (Å²) in [6.07, 6.45) is 2.47. The van der Waals surface area contributed by atoms with Crippen LogP contribution < -0.4 is 10.5 Å². The molecule has 0 radical (unpaired) electrons. The lowest BCUT2D eigenvalue weighted by Gasteiger charge is -2.13. The third-order valence-electron chi connectivity index (χ3n) is 4.08. The summed E-state index contributed by atoms with van der Waals surface area (Å²) < 4.78 is 13.1. The van der Waals surface area contributed by atoms with E-state index in [1.165, 1.54) is 0 Å². The predicted octanol–water partition coefficient (Wildman–Crippen LogP) is 3.30. The molecule has 0 aliphatic heterocycles. The van der Waals surface area contributed by atoms with E-state index < -0.39 is 5.91 Å². The number of carbonyl (C=O) groups excluding carboxylic acids is 2. The number of pyridine rings is 1. The quantitative estimate of drug-likeness (QED) is 0.660. The van der Waals surface area contributed by atoms with Crippen LogP contribution in [0.25, 0.3) is 16.4 Å².